The van der Waals surface area contributed by atoms with Crippen LogP contribution in [0.4, 0.5) is 32.3 Å². The lowest BCUT2D eigenvalue weighted by atomic mass is 10.1. The van der Waals surface area contributed by atoms with Gasteiger partial charge >= 0.3 is 12.4 Å². The molecule has 1 aliphatic rings. The van der Waals surface area contributed by atoms with E-state index >= 15 is 0 Å². The minimum atomic E-state index is -4.45. The lowest BCUT2D eigenvalue weighted by Gasteiger charge is -2.13. The van der Waals surface area contributed by atoms with E-state index in [2.05, 4.69) is 67.1 Å². The Bertz CT molecular complexity index is 2250. The average Bonchev–Trinajstić information content (AvgIpc) is 3.88. The maximum absolute atomic E-state index is 13.1. The van der Waals surface area contributed by atoms with Gasteiger partial charge in [-0.1, -0.05) is 37.1 Å². The Morgan fingerprint density at radius 3 is 1.70 bits per heavy atom. The Morgan fingerprint density at radius 1 is 0.717 bits per heavy atom. The van der Waals surface area contributed by atoms with E-state index in [0.29, 0.717) is 44.2 Å². The zero-order valence-electron chi connectivity index (χ0n) is 27.4. The van der Waals surface area contributed by atoms with Gasteiger partial charge in [-0.3, -0.25) is 13.3 Å². The van der Waals surface area contributed by atoms with Gasteiger partial charge in [0.25, 0.3) is 0 Å². The number of rotatable bonds is 7. The van der Waals surface area contributed by atoms with Gasteiger partial charge in [-0.25, -0.2) is 24.9 Å². The molecule has 1 atom stereocenters. The number of hydrogen-bond donors (Lipinski definition) is 1. The molecule has 0 bridgehead atoms. The third-order valence-corrected chi connectivity index (χ3v) is 9.42. The molecule has 10 nitrogen and oxygen atoms in total. The maximum Gasteiger partial charge on any atom is 0.416 e. The molecule has 53 heavy (non-hydrogen) atoms. The Kier molecular flexibility index (Phi) is 11.4. The summed E-state index contributed by atoms with van der Waals surface area (Å²) in [5.74, 6) is 2.02. The summed E-state index contributed by atoms with van der Waals surface area (Å²) in [4.78, 5) is 25.5. The lowest BCUT2D eigenvalue weighted by molar-refractivity contribution is -0.138. The molecule has 276 valence electrons. The summed E-state index contributed by atoms with van der Waals surface area (Å²) in [6, 6.07) is 13.6. The highest BCUT2D eigenvalue weighted by atomic mass is 79.9. The van der Waals surface area contributed by atoms with Crippen LogP contribution in [-0.2, 0) is 23.2 Å². The van der Waals surface area contributed by atoms with Gasteiger partial charge in [0.1, 0.15) is 32.5 Å². The predicted molar refractivity (Wildman–Crippen MR) is 193 cm³/mol. The van der Waals surface area contributed by atoms with Gasteiger partial charge in [0.2, 0.25) is 11.1 Å². The summed E-state index contributed by atoms with van der Waals surface area (Å²) < 4.78 is 93.8. The van der Waals surface area contributed by atoms with Crippen LogP contribution in [0.5, 0.6) is 0 Å². The van der Waals surface area contributed by atoms with Crippen LogP contribution in [0.3, 0.4) is 0 Å². The van der Waals surface area contributed by atoms with E-state index in [1.807, 2.05) is 0 Å². The fraction of sp³-hybridized carbons (Fsp3) is 0.235. The molecule has 4 heterocycles. The molecule has 0 amide bonds. The number of aromatic nitrogens is 8. The second-order valence-corrected chi connectivity index (χ2v) is 14.6. The van der Waals surface area contributed by atoms with Crippen LogP contribution in [0.15, 0.2) is 99.8 Å². The third kappa shape index (κ3) is 9.36. The molecular formula is C34H27Br2F6N9OS. The Balaban J connectivity index is 0.000000183. The van der Waals surface area contributed by atoms with Crippen molar-refractivity contribution in [3.63, 3.8) is 0 Å². The molecule has 6 aromatic rings. The molecule has 19 heteroatoms. The van der Waals surface area contributed by atoms with Gasteiger partial charge in [-0.2, -0.15) is 31.3 Å². The number of halogens is 8. The summed E-state index contributed by atoms with van der Waals surface area (Å²) in [5, 5.41) is 3.45. The molecule has 0 spiro atoms. The summed E-state index contributed by atoms with van der Waals surface area (Å²) in [7, 11) is -1.39. The first kappa shape index (κ1) is 38.2. The molecule has 2 aromatic carbocycles. The zero-order valence-corrected chi connectivity index (χ0v) is 31.4. The van der Waals surface area contributed by atoms with Crippen LogP contribution in [0.25, 0.3) is 34.4 Å². The molecule has 1 unspecified atom stereocenters. The van der Waals surface area contributed by atoms with E-state index in [-0.39, 0.29) is 16.5 Å². The van der Waals surface area contributed by atoms with E-state index in [9.17, 15) is 30.6 Å². The Morgan fingerprint density at radius 2 is 1.21 bits per heavy atom. The van der Waals surface area contributed by atoms with E-state index in [1.54, 1.807) is 41.4 Å². The normalized spacial score (nSPS) is 14.1. The molecule has 0 aliphatic heterocycles. The molecular weight excluding hydrogens is 856 g/mol. The van der Waals surface area contributed by atoms with Gasteiger partial charge in [0, 0.05) is 48.2 Å². The van der Waals surface area contributed by atoms with E-state index in [4.69, 9.17) is 0 Å². The quantitative estimate of drug-likeness (QED) is 0.125. The number of alkyl halides is 6. The number of benzene rings is 2. The van der Waals surface area contributed by atoms with Gasteiger partial charge in [-0.15, -0.1) is 0 Å². The van der Waals surface area contributed by atoms with Crippen LogP contribution in [0.2, 0.25) is 0 Å². The van der Waals surface area contributed by atoms with Gasteiger partial charge in [0.15, 0.2) is 0 Å². The fourth-order valence-electron chi connectivity index (χ4n) is 5.54. The minimum Gasteiger partial charge on any atom is -0.351 e. The van der Waals surface area contributed by atoms with Crippen LogP contribution in [0, 0.1) is 0 Å². The second-order valence-electron chi connectivity index (χ2n) is 11.7. The summed E-state index contributed by atoms with van der Waals surface area (Å²) in [6.07, 6.45) is 3.42. The first-order valence-electron chi connectivity index (χ1n) is 15.8. The van der Waals surface area contributed by atoms with Crippen molar-refractivity contribution >= 4 is 48.6 Å². The van der Waals surface area contributed by atoms with E-state index in [0.717, 1.165) is 37.1 Å². The van der Waals surface area contributed by atoms with Crippen LogP contribution in [0.1, 0.15) is 36.8 Å². The Hall–Kier alpha value is -4.49. The third-order valence-electron chi connectivity index (χ3n) is 7.95. The standard InChI is InChI=1S/C19H17BrF3N5.C15H10BrF3N4OS/c20-15-11-28(16-8-9-24-18(27-16)25-14-6-1-2-7-14)17(26-15)12-4-3-5-13(10-12)19(21,22)23;1-25(24)14-20-6-5-12(22-14)23-8-11(16)21-13(23)9-3-2-4-10(7-9)15(17,18)19/h3-5,8-11,14H,1-2,6-7H2,(H,24,25,27);2-8H,1H3. The number of hydrogen-bond acceptors (Lipinski definition) is 8. The molecule has 1 saturated carbocycles. The van der Waals surface area contributed by atoms with Crippen molar-refractivity contribution in [1.82, 2.24) is 39.0 Å². The van der Waals surface area contributed by atoms with Crippen molar-refractivity contribution in [3.05, 3.63) is 106 Å². The number of imidazole rings is 2. The molecule has 1 N–H and O–H groups in total. The monoisotopic (exact) mass is 881 g/mol. The number of nitrogens with one attached hydrogen (secondary N) is 1. The van der Waals surface area contributed by atoms with Crippen molar-refractivity contribution < 1.29 is 30.6 Å². The molecule has 4 aromatic heterocycles. The van der Waals surface area contributed by atoms with Gasteiger partial charge in [-0.05, 0) is 81.1 Å². The van der Waals surface area contributed by atoms with Crippen LogP contribution in [-0.4, -0.2) is 55.5 Å². The Labute approximate surface area is 317 Å². The molecule has 1 fully saturated rings. The second kappa shape index (κ2) is 15.9. The highest BCUT2D eigenvalue weighted by Crippen LogP contribution is 2.34. The molecule has 0 radical (unpaired) electrons. The zero-order chi connectivity index (χ0) is 37.9. The summed E-state index contributed by atoms with van der Waals surface area (Å²) >= 11 is 6.54. The highest BCUT2D eigenvalue weighted by molar-refractivity contribution is 9.10. The highest BCUT2D eigenvalue weighted by Gasteiger charge is 2.32. The number of nitrogens with zero attached hydrogens (tertiary/aromatic N) is 8. The first-order chi connectivity index (χ1) is 25.2. The van der Waals surface area contributed by atoms with Gasteiger partial charge in [0.05, 0.1) is 21.9 Å². The smallest absolute Gasteiger partial charge is 0.351 e. The first-order valence-corrected chi connectivity index (χ1v) is 18.9. The summed E-state index contributed by atoms with van der Waals surface area (Å²) in [6.45, 7) is 0. The predicted octanol–water partition coefficient (Wildman–Crippen LogP) is 9.31. The van der Waals surface area contributed by atoms with Crippen molar-refractivity contribution in [2.24, 2.45) is 0 Å². The van der Waals surface area contributed by atoms with Crippen molar-refractivity contribution in [2.45, 2.75) is 49.2 Å². The van der Waals surface area contributed by atoms with Crippen LogP contribution >= 0.6 is 31.9 Å². The minimum absolute atomic E-state index is 0.123. The van der Waals surface area contributed by atoms with E-state index < -0.39 is 34.3 Å². The lowest BCUT2D eigenvalue weighted by Crippen LogP contribution is -2.17. The van der Waals surface area contributed by atoms with Crippen LogP contribution < -0.4 is 5.32 Å². The average molecular weight is 884 g/mol. The van der Waals surface area contributed by atoms with Gasteiger partial charge < -0.3 is 5.32 Å². The fourth-order valence-corrected chi connectivity index (χ4v) is 6.72. The molecule has 7 rings (SSSR count). The molecule has 1 aliphatic carbocycles. The van der Waals surface area contributed by atoms with Crippen molar-refractivity contribution in [1.29, 1.82) is 0 Å². The van der Waals surface area contributed by atoms with Crippen molar-refractivity contribution in [2.75, 3.05) is 11.6 Å². The van der Waals surface area contributed by atoms with Crippen molar-refractivity contribution in [3.8, 4) is 34.4 Å². The SMILES string of the molecule is CS(=O)c1nccc(-n2cc(Br)nc2-c2cccc(C(F)(F)F)c2)n1.FC(F)(F)c1cccc(-c2nc(Br)cn2-c2ccnc(NC3CCCC3)n2)c1. The summed E-state index contributed by atoms with van der Waals surface area (Å²) in [5.41, 5.74) is -0.863. The maximum atomic E-state index is 13.1. The topological polar surface area (TPSA) is 116 Å². The largest absolute Gasteiger partial charge is 0.416 e. The number of anilines is 1. The molecule has 0 saturated heterocycles. The van der Waals surface area contributed by atoms with E-state index in [1.165, 1.54) is 48.1 Å².